The van der Waals surface area contributed by atoms with Gasteiger partial charge in [-0.05, 0) is 42.7 Å². The molecule has 1 heterocycles. The molecule has 1 N–H and O–H groups in total. The van der Waals surface area contributed by atoms with Crippen LogP contribution < -0.4 is 10.1 Å². The van der Waals surface area contributed by atoms with Crippen LogP contribution in [0.1, 0.15) is 28.5 Å². The molecule has 118 valence electrons. The fraction of sp³-hybridized carbons (Fsp3) is 0.222. The summed E-state index contributed by atoms with van der Waals surface area (Å²) in [6.07, 6.45) is 3.97. The number of ether oxygens (including phenoxy) is 1. The number of nitrogens with one attached hydrogen (secondary N) is 1. The molecule has 0 aliphatic rings. The lowest BCUT2D eigenvalue weighted by Gasteiger charge is -2.01. The summed E-state index contributed by atoms with van der Waals surface area (Å²) in [7, 11) is 1.61. The van der Waals surface area contributed by atoms with Gasteiger partial charge in [0.15, 0.2) is 0 Å². The van der Waals surface area contributed by atoms with E-state index >= 15 is 0 Å². The van der Waals surface area contributed by atoms with Crippen LogP contribution >= 0.6 is 11.3 Å². The molecule has 23 heavy (non-hydrogen) atoms. The summed E-state index contributed by atoms with van der Waals surface area (Å²) < 4.78 is 5.09. The Kier molecular flexibility index (Phi) is 5.56. The van der Waals surface area contributed by atoms with E-state index in [0.29, 0.717) is 10.6 Å². The summed E-state index contributed by atoms with van der Waals surface area (Å²) in [6, 6.07) is 9.59. The summed E-state index contributed by atoms with van der Waals surface area (Å²) in [6.45, 7) is 3.97. The van der Waals surface area contributed by atoms with Crippen LogP contribution in [0.3, 0.4) is 0 Å². The van der Waals surface area contributed by atoms with Crippen molar-refractivity contribution < 1.29 is 9.53 Å². The quantitative estimate of drug-likeness (QED) is 0.840. The van der Waals surface area contributed by atoms with Crippen LogP contribution in [0.5, 0.6) is 5.75 Å². The highest BCUT2D eigenvalue weighted by molar-refractivity contribution is 7.16. The van der Waals surface area contributed by atoms with Crippen LogP contribution in [-0.4, -0.2) is 13.0 Å². The Morgan fingerprint density at radius 3 is 2.65 bits per heavy atom. The molecule has 0 radical (unpaired) electrons. The minimum atomic E-state index is -0.249. The Balaban J connectivity index is 2.10. The SMILES string of the molecule is CCc1c(C)sc(NC(=O)/C=C/c2ccc(OC)cc2)c1C#N. The third-order valence-corrected chi connectivity index (χ3v) is 4.52. The zero-order valence-corrected chi connectivity index (χ0v) is 14.2. The van der Waals surface area contributed by atoms with Gasteiger partial charge in [-0.3, -0.25) is 4.79 Å². The molecule has 0 fully saturated rings. The topological polar surface area (TPSA) is 62.1 Å². The number of carbonyl (C=O) groups is 1. The smallest absolute Gasteiger partial charge is 0.249 e. The molecule has 0 aliphatic heterocycles. The lowest BCUT2D eigenvalue weighted by molar-refractivity contribution is -0.111. The second-order valence-electron chi connectivity index (χ2n) is 4.90. The number of methoxy groups -OCH3 is 1. The minimum Gasteiger partial charge on any atom is -0.497 e. The second kappa shape index (κ2) is 7.61. The van der Waals surface area contributed by atoms with E-state index < -0.39 is 0 Å². The van der Waals surface area contributed by atoms with Crippen LogP contribution in [0.15, 0.2) is 30.3 Å². The number of rotatable bonds is 5. The number of nitrogens with zero attached hydrogens (tertiary/aromatic N) is 1. The third kappa shape index (κ3) is 3.99. The van der Waals surface area contributed by atoms with Crippen LogP contribution in [0.4, 0.5) is 5.00 Å². The lowest BCUT2D eigenvalue weighted by atomic mass is 10.1. The number of benzene rings is 1. The standard InChI is InChI=1S/C18H18N2O2S/c1-4-15-12(2)23-18(16(15)11-19)20-17(21)10-7-13-5-8-14(22-3)9-6-13/h5-10H,4H2,1-3H3,(H,20,21)/b10-7+. The van der Waals surface area contributed by atoms with Crippen LogP contribution in [-0.2, 0) is 11.2 Å². The predicted octanol–water partition coefficient (Wildman–Crippen LogP) is 4.15. The maximum Gasteiger partial charge on any atom is 0.249 e. The molecule has 0 unspecified atom stereocenters. The van der Waals surface area contributed by atoms with Crippen molar-refractivity contribution in [3.05, 3.63) is 51.9 Å². The van der Waals surface area contributed by atoms with E-state index in [9.17, 15) is 10.1 Å². The zero-order chi connectivity index (χ0) is 16.8. The normalized spacial score (nSPS) is 10.5. The van der Waals surface area contributed by atoms with E-state index in [1.807, 2.05) is 38.1 Å². The van der Waals surface area contributed by atoms with Crippen molar-refractivity contribution in [1.29, 1.82) is 5.26 Å². The Bertz CT molecular complexity index is 768. The summed E-state index contributed by atoms with van der Waals surface area (Å²) in [5.74, 6) is 0.521. The van der Waals surface area contributed by atoms with Gasteiger partial charge in [-0.15, -0.1) is 11.3 Å². The van der Waals surface area contributed by atoms with Gasteiger partial charge in [0.25, 0.3) is 0 Å². The molecular weight excluding hydrogens is 308 g/mol. The van der Waals surface area contributed by atoms with E-state index in [4.69, 9.17) is 4.74 Å². The molecule has 0 saturated heterocycles. The van der Waals surface area contributed by atoms with Gasteiger partial charge < -0.3 is 10.1 Å². The van der Waals surface area contributed by atoms with Crippen molar-refractivity contribution in [3.8, 4) is 11.8 Å². The molecule has 1 amide bonds. The van der Waals surface area contributed by atoms with Crippen LogP contribution in [0, 0.1) is 18.3 Å². The van der Waals surface area contributed by atoms with Gasteiger partial charge >= 0.3 is 0 Å². The van der Waals surface area contributed by atoms with Crippen LogP contribution in [0.25, 0.3) is 6.08 Å². The molecule has 0 saturated carbocycles. The number of carbonyl (C=O) groups excluding carboxylic acids is 1. The van der Waals surface area contributed by atoms with Gasteiger partial charge in [0, 0.05) is 11.0 Å². The average Bonchev–Trinajstić information content (AvgIpc) is 2.87. The summed E-state index contributed by atoms with van der Waals surface area (Å²) in [5.41, 5.74) is 2.48. The molecule has 0 bridgehead atoms. The number of thiophene rings is 1. The zero-order valence-electron chi connectivity index (χ0n) is 13.3. The summed E-state index contributed by atoms with van der Waals surface area (Å²) in [5, 5.41) is 12.7. The molecule has 0 atom stereocenters. The van der Waals surface area contributed by atoms with E-state index in [0.717, 1.165) is 28.2 Å². The molecule has 0 spiro atoms. The summed E-state index contributed by atoms with van der Waals surface area (Å²) in [4.78, 5) is 13.1. The largest absolute Gasteiger partial charge is 0.497 e. The predicted molar refractivity (Wildman–Crippen MR) is 93.8 cm³/mol. The highest BCUT2D eigenvalue weighted by atomic mass is 32.1. The van der Waals surface area contributed by atoms with Gasteiger partial charge in [0.1, 0.15) is 16.8 Å². The van der Waals surface area contributed by atoms with Gasteiger partial charge in [0.2, 0.25) is 5.91 Å². The maximum atomic E-state index is 12.1. The maximum absolute atomic E-state index is 12.1. The molecule has 4 nitrogen and oxygen atoms in total. The fourth-order valence-corrected chi connectivity index (χ4v) is 3.35. The van der Waals surface area contributed by atoms with Gasteiger partial charge in [0.05, 0.1) is 12.7 Å². The van der Waals surface area contributed by atoms with Crippen molar-refractivity contribution >= 4 is 28.3 Å². The third-order valence-electron chi connectivity index (χ3n) is 3.45. The monoisotopic (exact) mass is 326 g/mol. The average molecular weight is 326 g/mol. The van der Waals surface area contributed by atoms with E-state index in [1.54, 1.807) is 13.2 Å². The highest BCUT2D eigenvalue weighted by Crippen LogP contribution is 2.32. The molecule has 1 aromatic heterocycles. The highest BCUT2D eigenvalue weighted by Gasteiger charge is 2.15. The van der Waals surface area contributed by atoms with Crippen molar-refractivity contribution in [1.82, 2.24) is 0 Å². The van der Waals surface area contributed by atoms with E-state index in [1.165, 1.54) is 17.4 Å². The first-order chi connectivity index (χ1) is 11.1. The number of nitriles is 1. The van der Waals surface area contributed by atoms with E-state index in [2.05, 4.69) is 11.4 Å². The number of anilines is 1. The first-order valence-electron chi connectivity index (χ1n) is 7.24. The number of amides is 1. The van der Waals surface area contributed by atoms with Crippen LogP contribution in [0.2, 0.25) is 0 Å². The molecule has 1 aromatic carbocycles. The first kappa shape index (κ1) is 16.8. The first-order valence-corrected chi connectivity index (χ1v) is 8.06. The number of hydrogen-bond donors (Lipinski definition) is 1. The van der Waals surface area contributed by atoms with Gasteiger partial charge in [-0.2, -0.15) is 5.26 Å². The van der Waals surface area contributed by atoms with Crippen molar-refractivity contribution in [2.24, 2.45) is 0 Å². The van der Waals surface area contributed by atoms with Crippen molar-refractivity contribution in [2.75, 3.05) is 12.4 Å². The Morgan fingerprint density at radius 1 is 1.39 bits per heavy atom. The molecule has 2 rings (SSSR count). The lowest BCUT2D eigenvalue weighted by Crippen LogP contribution is -2.07. The Hall–Kier alpha value is -2.58. The molecule has 0 aliphatic carbocycles. The number of hydrogen-bond acceptors (Lipinski definition) is 4. The Labute approximate surface area is 140 Å². The molecule has 2 aromatic rings. The fourth-order valence-electron chi connectivity index (χ4n) is 2.25. The minimum absolute atomic E-state index is 0.249. The van der Waals surface area contributed by atoms with E-state index in [-0.39, 0.29) is 5.91 Å². The van der Waals surface area contributed by atoms with Crippen molar-refractivity contribution in [3.63, 3.8) is 0 Å². The summed E-state index contributed by atoms with van der Waals surface area (Å²) >= 11 is 1.44. The number of aryl methyl sites for hydroxylation is 1. The Morgan fingerprint density at radius 2 is 2.09 bits per heavy atom. The van der Waals surface area contributed by atoms with Gasteiger partial charge in [-0.1, -0.05) is 19.1 Å². The second-order valence-corrected chi connectivity index (χ2v) is 6.13. The molecule has 5 heteroatoms. The van der Waals surface area contributed by atoms with Gasteiger partial charge in [-0.25, -0.2) is 0 Å². The molecular formula is C18H18N2O2S. The van der Waals surface area contributed by atoms with Crippen molar-refractivity contribution in [2.45, 2.75) is 20.3 Å².